The lowest BCUT2D eigenvalue weighted by Gasteiger charge is -2.14. The summed E-state index contributed by atoms with van der Waals surface area (Å²) in [5.41, 5.74) is 0.396. The summed E-state index contributed by atoms with van der Waals surface area (Å²) < 4.78 is 38.8. The van der Waals surface area contributed by atoms with E-state index >= 15 is 0 Å². The zero-order chi connectivity index (χ0) is 21.9. The first-order valence-electron chi connectivity index (χ1n) is 9.03. The van der Waals surface area contributed by atoms with Crippen molar-refractivity contribution in [3.05, 3.63) is 76.7 Å². The minimum atomic E-state index is -3.98. The van der Waals surface area contributed by atoms with Gasteiger partial charge in [0.2, 0.25) is 0 Å². The van der Waals surface area contributed by atoms with Crippen molar-refractivity contribution in [3.63, 3.8) is 0 Å². The number of nitrogens with one attached hydrogen (secondary N) is 2. The van der Waals surface area contributed by atoms with Crippen molar-refractivity contribution in [2.75, 3.05) is 11.8 Å². The minimum absolute atomic E-state index is 0.0707. The number of sulfonamides is 1. The summed E-state index contributed by atoms with van der Waals surface area (Å²) in [4.78, 5) is 12.5. The Morgan fingerprint density at radius 3 is 2.57 bits per heavy atom. The van der Waals surface area contributed by atoms with Gasteiger partial charge in [0, 0.05) is 10.6 Å². The molecule has 9 heteroatoms. The van der Waals surface area contributed by atoms with Gasteiger partial charge in [0.15, 0.2) is 0 Å². The van der Waals surface area contributed by atoms with E-state index in [-0.39, 0.29) is 22.2 Å². The van der Waals surface area contributed by atoms with Gasteiger partial charge in [0.25, 0.3) is 15.9 Å². The number of halogens is 1. The van der Waals surface area contributed by atoms with E-state index in [2.05, 4.69) is 10.0 Å². The Morgan fingerprint density at radius 1 is 1.13 bits per heavy atom. The molecule has 0 spiro atoms. The van der Waals surface area contributed by atoms with Crippen LogP contribution in [0.3, 0.4) is 0 Å². The smallest absolute Gasteiger partial charge is 0.262 e. The van der Waals surface area contributed by atoms with Crippen LogP contribution in [0.1, 0.15) is 34.8 Å². The molecule has 1 amide bonds. The van der Waals surface area contributed by atoms with E-state index in [1.54, 1.807) is 31.2 Å². The highest BCUT2D eigenvalue weighted by Gasteiger charge is 2.20. The normalized spacial score (nSPS) is 12.3. The van der Waals surface area contributed by atoms with E-state index in [9.17, 15) is 13.2 Å². The molecule has 0 radical (unpaired) electrons. The molecule has 0 bridgehead atoms. The second-order valence-corrected chi connectivity index (χ2v) is 8.74. The minimum Gasteiger partial charge on any atom is -0.495 e. The van der Waals surface area contributed by atoms with E-state index in [0.717, 1.165) is 5.76 Å². The Balaban J connectivity index is 1.81. The molecule has 0 saturated heterocycles. The lowest BCUT2D eigenvalue weighted by molar-refractivity contribution is 0.0935. The summed E-state index contributed by atoms with van der Waals surface area (Å²) in [6.07, 6.45) is 0. The lowest BCUT2D eigenvalue weighted by Crippen LogP contribution is -2.26. The number of carbonyl (C=O) groups is 1. The van der Waals surface area contributed by atoms with Crippen LogP contribution in [0.2, 0.25) is 5.02 Å². The van der Waals surface area contributed by atoms with Gasteiger partial charge in [-0.25, -0.2) is 8.42 Å². The highest BCUT2D eigenvalue weighted by Crippen LogP contribution is 2.30. The standard InChI is InChI=1S/C21H21ClN2O5S/c1-13-7-9-19(29-13)14(2)23-21(25)15-5-4-6-17(11-15)30(26,27)24-18-12-16(22)8-10-20(18)28-3/h4-12,14,24H,1-3H3,(H,23,25). The maximum absolute atomic E-state index is 12.8. The van der Waals surface area contributed by atoms with Crippen molar-refractivity contribution in [2.24, 2.45) is 0 Å². The third-order valence-electron chi connectivity index (χ3n) is 4.35. The van der Waals surface area contributed by atoms with Gasteiger partial charge >= 0.3 is 0 Å². The largest absolute Gasteiger partial charge is 0.495 e. The number of hydrogen-bond acceptors (Lipinski definition) is 5. The molecule has 0 fully saturated rings. The van der Waals surface area contributed by atoms with Crippen LogP contribution in [0.15, 0.2) is 63.9 Å². The second kappa shape index (κ2) is 8.81. The van der Waals surface area contributed by atoms with Crippen LogP contribution in [0.25, 0.3) is 0 Å². The number of hydrogen-bond donors (Lipinski definition) is 2. The zero-order valence-electron chi connectivity index (χ0n) is 16.6. The van der Waals surface area contributed by atoms with Gasteiger partial charge in [0.05, 0.1) is 23.7 Å². The maximum Gasteiger partial charge on any atom is 0.262 e. The van der Waals surface area contributed by atoms with Crippen molar-refractivity contribution in [3.8, 4) is 5.75 Å². The molecule has 0 aliphatic heterocycles. The van der Waals surface area contributed by atoms with Crippen molar-refractivity contribution in [1.29, 1.82) is 0 Å². The molecule has 1 atom stereocenters. The number of aryl methyl sites for hydroxylation is 1. The molecule has 30 heavy (non-hydrogen) atoms. The van der Waals surface area contributed by atoms with Gasteiger partial charge in [-0.15, -0.1) is 0 Å². The first-order chi connectivity index (χ1) is 14.2. The molecule has 3 rings (SSSR count). The van der Waals surface area contributed by atoms with E-state index in [4.69, 9.17) is 20.8 Å². The highest BCUT2D eigenvalue weighted by molar-refractivity contribution is 7.92. The van der Waals surface area contributed by atoms with Crippen LogP contribution >= 0.6 is 11.6 Å². The van der Waals surface area contributed by atoms with Crippen LogP contribution in [0.4, 0.5) is 5.69 Å². The zero-order valence-corrected chi connectivity index (χ0v) is 18.2. The highest BCUT2D eigenvalue weighted by atomic mass is 35.5. The molecule has 0 aliphatic rings. The van der Waals surface area contributed by atoms with Crippen LogP contribution in [-0.4, -0.2) is 21.4 Å². The number of rotatable bonds is 7. The fraction of sp³-hybridized carbons (Fsp3) is 0.190. The van der Waals surface area contributed by atoms with E-state index in [0.29, 0.717) is 16.5 Å². The maximum atomic E-state index is 12.8. The third-order valence-corrected chi connectivity index (χ3v) is 5.95. The number of anilines is 1. The topological polar surface area (TPSA) is 97.6 Å². The van der Waals surface area contributed by atoms with E-state index in [1.165, 1.54) is 37.4 Å². The predicted molar refractivity (Wildman–Crippen MR) is 115 cm³/mol. The number of amides is 1. The number of carbonyl (C=O) groups excluding carboxylic acids is 1. The molecular formula is C21H21ClN2O5S. The van der Waals surface area contributed by atoms with Crippen LogP contribution in [0.5, 0.6) is 5.75 Å². The summed E-state index contributed by atoms with van der Waals surface area (Å²) in [6.45, 7) is 3.60. The van der Waals surface area contributed by atoms with Gasteiger partial charge in [-0.1, -0.05) is 17.7 Å². The molecule has 1 aromatic heterocycles. The Labute approximate surface area is 180 Å². The Hall–Kier alpha value is -2.97. The molecule has 2 aromatic carbocycles. The van der Waals surface area contributed by atoms with Crippen LogP contribution in [-0.2, 0) is 10.0 Å². The lowest BCUT2D eigenvalue weighted by atomic mass is 10.2. The molecule has 158 valence electrons. The van der Waals surface area contributed by atoms with Gasteiger partial charge in [-0.2, -0.15) is 0 Å². The summed E-state index contributed by atoms with van der Waals surface area (Å²) in [5.74, 6) is 1.24. The van der Waals surface area contributed by atoms with E-state index < -0.39 is 15.9 Å². The van der Waals surface area contributed by atoms with Gasteiger partial charge in [-0.05, 0) is 62.4 Å². The molecule has 1 unspecified atom stereocenters. The fourth-order valence-electron chi connectivity index (χ4n) is 2.81. The first-order valence-corrected chi connectivity index (χ1v) is 10.9. The predicted octanol–water partition coefficient (Wildman–Crippen LogP) is 4.54. The molecule has 1 heterocycles. The van der Waals surface area contributed by atoms with Gasteiger partial charge < -0.3 is 14.5 Å². The van der Waals surface area contributed by atoms with E-state index in [1.807, 2.05) is 6.92 Å². The number of benzene rings is 2. The number of ether oxygens (including phenoxy) is 1. The van der Waals surface area contributed by atoms with Crippen molar-refractivity contribution >= 4 is 33.2 Å². The molecular weight excluding hydrogens is 428 g/mol. The third kappa shape index (κ3) is 4.95. The first kappa shape index (κ1) is 21.7. The summed E-state index contributed by atoms with van der Waals surface area (Å²) in [7, 11) is -2.56. The average molecular weight is 449 g/mol. The quantitative estimate of drug-likeness (QED) is 0.553. The molecule has 0 aliphatic carbocycles. The molecule has 2 N–H and O–H groups in total. The van der Waals surface area contributed by atoms with Crippen LogP contribution < -0.4 is 14.8 Å². The van der Waals surface area contributed by atoms with Crippen LogP contribution in [0, 0.1) is 6.92 Å². The SMILES string of the molecule is COc1ccc(Cl)cc1NS(=O)(=O)c1cccc(C(=O)NC(C)c2ccc(C)o2)c1. The Morgan fingerprint density at radius 2 is 1.90 bits per heavy atom. The fourth-order valence-corrected chi connectivity index (χ4v) is 4.08. The van der Waals surface area contributed by atoms with Crippen molar-refractivity contribution < 1.29 is 22.4 Å². The molecule has 3 aromatic rings. The number of methoxy groups -OCH3 is 1. The summed E-state index contributed by atoms with van der Waals surface area (Å²) in [6, 6.07) is 13.5. The van der Waals surface area contributed by atoms with Gasteiger partial charge in [0.1, 0.15) is 17.3 Å². The monoisotopic (exact) mass is 448 g/mol. The van der Waals surface area contributed by atoms with Crippen molar-refractivity contribution in [1.82, 2.24) is 5.32 Å². The van der Waals surface area contributed by atoms with Gasteiger partial charge in [-0.3, -0.25) is 9.52 Å². The molecule has 7 nitrogen and oxygen atoms in total. The molecule has 0 saturated carbocycles. The Kier molecular flexibility index (Phi) is 6.38. The Bertz CT molecular complexity index is 1170. The van der Waals surface area contributed by atoms with Crippen molar-refractivity contribution in [2.45, 2.75) is 24.8 Å². The summed E-state index contributed by atoms with van der Waals surface area (Å²) in [5, 5.41) is 3.15. The average Bonchev–Trinajstić information content (AvgIpc) is 3.14. The second-order valence-electron chi connectivity index (χ2n) is 6.62. The summed E-state index contributed by atoms with van der Waals surface area (Å²) >= 11 is 5.96. The number of furan rings is 1.